The van der Waals surface area contributed by atoms with Crippen LogP contribution in [-0.4, -0.2) is 45.3 Å². The molecule has 1 aromatic carbocycles. The summed E-state index contributed by atoms with van der Waals surface area (Å²) in [6.07, 6.45) is 2.65. The summed E-state index contributed by atoms with van der Waals surface area (Å²) in [5.74, 6) is 1.41. The predicted molar refractivity (Wildman–Crippen MR) is 102 cm³/mol. The van der Waals surface area contributed by atoms with Crippen molar-refractivity contribution >= 4 is 40.4 Å². The van der Waals surface area contributed by atoms with Crippen LogP contribution in [0.4, 0.5) is 0 Å². The molecule has 3 aromatic rings. The van der Waals surface area contributed by atoms with Gasteiger partial charge in [0.1, 0.15) is 16.3 Å². The van der Waals surface area contributed by atoms with E-state index in [2.05, 4.69) is 25.3 Å². The number of hydrogen-bond donors (Lipinski definition) is 2. The number of nitrogens with zero attached hydrogens (tertiary/aromatic N) is 3. The number of amides is 1. The maximum Gasteiger partial charge on any atom is 0.225 e. The second-order valence-corrected chi connectivity index (χ2v) is 6.83. The van der Waals surface area contributed by atoms with E-state index < -0.39 is 0 Å². The molecular formula is C17H18ClN5O2S. The molecule has 0 spiro atoms. The summed E-state index contributed by atoms with van der Waals surface area (Å²) < 4.78 is 5.31. The number of carbonyl (C=O) groups is 1. The number of methoxy groups -OCH3 is 1. The molecule has 2 aromatic heterocycles. The Balaban J connectivity index is 1.45. The molecule has 0 bridgehead atoms. The molecule has 0 fully saturated rings. The smallest absolute Gasteiger partial charge is 0.225 e. The molecule has 7 nitrogen and oxygen atoms in total. The van der Waals surface area contributed by atoms with E-state index >= 15 is 0 Å². The number of rotatable bonds is 8. The third-order valence-electron chi connectivity index (χ3n) is 3.70. The lowest BCUT2D eigenvalue weighted by Crippen LogP contribution is -2.26. The average Bonchev–Trinajstić information content (AvgIpc) is 3.10. The minimum atomic E-state index is -0.00611. The second-order valence-electron chi connectivity index (χ2n) is 5.41. The first-order chi connectivity index (χ1) is 12.7. The van der Waals surface area contributed by atoms with Gasteiger partial charge in [0.05, 0.1) is 13.4 Å². The number of ether oxygens (including phenoxy) is 1. The molecule has 0 unspecified atom stereocenters. The van der Waals surface area contributed by atoms with Gasteiger partial charge in [0.2, 0.25) is 11.2 Å². The number of thioether (sulfide) groups is 1. The van der Waals surface area contributed by atoms with Crippen molar-refractivity contribution < 1.29 is 9.53 Å². The fourth-order valence-electron chi connectivity index (χ4n) is 2.46. The SMILES string of the molecule is COc1ccccc1CCNC(=O)CCSc1nc(Cl)nc2nc[nH]c12. The molecule has 0 saturated carbocycles. The van der Waals surface area contributed by atoms with E-state index in [1.807, 2.05) is 24.3 Å². The molecule has 2 N–H and O–H groups in total. The number of benzene rings is 1. The first-order valence-corrected chi connectivity index (χ1v) is 9.41. The zero-order valence-electron chi connectivity index (χ0n) is 14.2. The summed E-state index contributed by atoms with van der Waals surface area (Å²) in [4.78, 5) is 27.3. The number of nitrogens with one attached hydrogen (secondary N) is 2. The molecule has 0 aliphatic heterocycles. The average molecular weight is 392 g/mol. The van der Waals surface area contributed by atoms with E-state index in [9.17, 15) is 4.79 Å². The Kier molecular flexibility index (Phi) is 6.30. The Labute approximate surface area is 159 Å². The van der Waals surface area contributed by atoms with Crippen molar-refractivity contribution in [2.75, 3.05) is 19.4 Å². The number of carbonyl (C=O) groups excluding carboxylic acids is 1. The van der Waals surface area contributed by atoms with Crippen molar-refractivity contribution in [3.8, 4) is 5.75 Å². The monoisotopic (exact) mass is 391 g/mol. The Morgan fingerprint density at radius 2 is 2.19 bits per heavy atom. The Morgan fingerprint density at radius 1 is 1.35 bits per heavy atom. The van der Waals surface area contributed by atoms with Crippen LogP contribution in [0.1, 0.15) is 12.0 Å². The highest BCUT2D eigenvalue weighted by atomic mass is 35.5. The van der Waals surface area contributed by atoms with Gasteiger partial charge in [0, 0.05) is 18.7 Å². The third kappa shape index (κ3) is 4.64. The summed E-state index contributed by atoms with van der Waals surface area (Å²) in [7, 11) is 1.64. The van der Waals surface area contributed by atoms with Crippen LogP contribution in [0.3, 0.4) is 0 Å². The number of hydrogen-bond acceptors (Lipinski definition) is 6. The molecule has 136 valence electrons. The minimum absolute atomic E-state index is 0.00611. The van der Waals surface area contributed by atoms with E-state index in [1.54, 1.807) is 13.4 Å². The molecule has 0 radical (unpaired) electrons. The number of fused-ring (bicyclic) bond motifs is 1. The van der Waals surface area contributed by atoms with Gasteiger partial charge in [-0.05, 0) is 29.7 Å². The van der Waals surface area contributed by atoms with Gasteiger partial charge in [-0.1, -0.05) is 18.2 Å². The standard InChI is InChI=1S/C17H18ClN5O2S/c1-25-12-5-3-2-4-11(12)6-8-19-13(24)7-9-26-16-14-15(21-10-20-14)22-17(18)23-16/h2-5,10H,6-9H2,1H3,(H,19,24)(H,20,21,22,23). The lowest BCUT2D eigenvalue weighted by molar-refractivity contribution is -0.120. The van der Waals surface area contributed by atoms with Gasteiger partial charge in [-0.3, -0.25) is 4.79 Å². The van der Waals surface area contributed by atoms with Crippen LogP contribution in [0.15, 0.2) is 35.6 Å². The van der Waals surface area contributed by atoms with E-state index in [4.69, 9.17) is 16.3 Å². The molecule has 0 aliphatic rings. The molecule has 26 heavy (non-hydrogen) atoms. The zero-order chi connectivity index (χ0) is 18.4. The number of H-pyrrole nitrogens is 1. The van der Waals surface area contributed by atoms with Gasteiger partial charge in [0.15, 0.2) is 5.65 Å². The van der Waals surface area contributed by atoms with Crippen molar-refractivity contribution in [3.63, 3.8) is 0 Å². The van der Waals surface area contributed by atoms with Crippen LogP contribution < -0.4 is 10.1 Å². The lowest BCUT2D eigenvalue weighted by atomic mass is 10.1. The lowest BCUT2D eigenvalue weighted by Gasteiger charge is -2.09. The minimum Gasteiger partial charge on any atom is -0.496 e. The Bertz CT molecular complexity index is 902. The molecule has 9 heteroatoms. The highest BCUT2D eigenvalue weighted by Gasteiger charge is 2.10. The van der Waals surface area contributed by atoms with Crippen LogP contribution in [0.25, 0.3) is 11.2 Å². The highest BCUT2D eigenvalue weighted by molar-refractivity contribution is 7.99. The first kappa shape index (κ1) is 18.5. The summed E-state index contributed by atoms with van der Waals surface area (Å²) in [5.41, 5.74) is 2.33. The maximum absolute atomic E-state index is 12.0. The van der Waals surface area contributed by atoms with Crippen molar-refractivity contribution in [2.45, 2.75) is 17.9 Å². The van der Waals surface area contributed by atoms with Gasteiger partial charge in [-0.2, -0.15) is 4.98 Å². The van der Waals surface area contributed by atoms with Crippen molar-refractivity contribution in [1.82, 2.24) is 25.3 Å². The maximum atomic E-state index is 12.0. The van der Waals surface area contributed by atoms with E-state index in [0.717, 1.165) is 23.3 Å². The quantitative estimate of drug-likeness (QED) is 0.348. The second kappa shape index (κ2) is 8.86. The summed E-state index contributed by atoms with van der Waals surface area (Å²) >= 11 is 7.34. The van der Waals surface area contributed by atoms with Crippen LogP contribution in [0.2, 0.25) is 5.28 Å². The topological polar surface area (TPSA) is 92.8 Å². The molecular weight excluding hydrogens is 374 g/mol. The largest absolute Gasteiger partial charge is 0.496 e. The molecule has 3 rings (SSSR count). The van der Waals surface area contributed by atoms with Gasteiger partial charge in [0.25, 0.3) is 0 Å². The molecule has 0 atom stereocenters. The summed E-state index contributed by atoms with van der Waals surface area (Å²) in [6, 6.07) is 7.79. The number of para-hydroxylation sites is 1. The number of aromatic amines is 1. The Hall–Kier alpha value is -2.32. The van der Waals surface area contributed by atoms with E-state index in [-0.39, 0.29) is 11.2 Å². The fourth-order valence-corrected chi connectivity index (χ4v) is 3.60. The van der Waals surface area contributed by atoms with E-state index in [1.165, 1.54) is 11.8 Å². The predicted octanol–water partition coefficient (Wildman–Crippen LogP) is 2.86. The summed E-state index contributed by atoms with van der Waals surface area (Å²) in [5, 5.41) is 3.77. The number of halogens is 1. The van der Waals surface area contributed by atoms with E-state index in [0.29, 0.717) is 29.4 Å². The van der Waals surface area contributed by atoms with Gasteiger partial charge < -0.3 is 15.0 Å². The van der Waals surface area contributed by atoms with Gasteiger partial charge in [-0.15, -0.1) is 11.8 Å². The third-order valence-corrected chi connectivity index (χ3v) is 4.85. The van der Waals surface area contributed by atoms with Crippen molar-refractivity contribution in [1.29, 1.82) is 0 Å². The van der Waals surface area contributed by atoms with Crippen molar-refractivity contribution in [2.24, 2.45) is 0 Å². The number of aromatic nitrogens is 4. The normalized spacial score (nSPS) is 10.8. The molecule has 0 saturated heterocycles. The Morgan fingerprint density at radius 3 is 3.04 bits per heavy atom. The van der Waals surface area contributed by atoms with Gasteiger partial charge in [-0.25, -0.2) is 9.97 Å². The van der Waals surface area contributed by atoms with Crippen LogP contribution in [0, 0.1) is 0 Å². The van der Waals surface area contributed by atoms with Gasteiger partial charge >= 0.3 is 0 Å². The summed E-state index contributed by atoms with van der Waals surface area (Å²) in [6.45, 7) is 0.563. The molecule has 0 aliphatic carbocycles. The highest BCUT2D eigenvalue weighted by Crippen LogP contribution is 2.24. The van der Waals surface area contributed by atoms with Crippen molar-refractivity contribution in [3.05, 3.63) is 41.4 Å². The number of imidazole rings is 1. The first-order valence-electron chi connectivity index (χ1n) is 8.05. The van der Waals surface area contributed by atoms with Crippen LogP contribution in [-0.2, 0) is 11.2 Å². The van der Waals surface area contributed by atoms with Crippen LogP contribution in [0.5, 0.6) is 5.75 Å². The molecule has 1 amide bonds. The van der Waals surface area contributed by atoms with Crippen LogP contribution >= 0.6 is 23.4 Å². The zero-order valence-corrected chi connectivity index (χ0v) is 15.7. The fraction of sp³-hybridized carbons (Fsp3) is 0.294. The molecule has 2 heterocycles.